The Balaban J connectivity index is 1.41. The highest BCUT2D eigenvalue weighted by Gasteiger charge is 2.15. The fraction of sp³-hybridized carbons (Fsp3) is 0.158. The maximum Gasteiger partial charge on any atom is 0.227 e. The quantitative estimate of drug-likeness (QED) is 0.561. The Labute approximate surface area is 160 Å². The summed E-state index contributed by atoms with van der Waals surface area (Å²) in [7, 11) is 0. The van der Waals surface area contributed by atoms with E-state index in [4.69, 9.17) is 4.98 Å². The second kappa shape index (κ2) is 6.81. The van der Waals surface area contributed by atoms with Gasteiger partial charge < -0.3 is 10.6 Å². The van der Waals surface area contributed by atoms with Crippen LogP contribution in [0.15, 0.2) is 54.2 Å². The van der Waals surface area contributed by atoms with Gasteiger partial charge in [0.2, 0.25) is 5.95 Å². The number of anilines is 3. The lowest BCUT2D eigenvalue weighted by Crippen LogP contribution is -2.18. The highest BCUT2D eigenvalue weighted by Crippen LogP contribution is 2.29. The summed E-state index contributed by atoms with van der Waals surface area (Å²) in [5.41, 5.74) is 3.63. The van der Waals surface area contributed by atoms with E-state index in [1.807, 2.05) is 34.3 Å². The monoisotopic (exact) mass is 375 g/mol. The molecular formula is C19H17N7S. The van der Waals surface area contributed by atoms with Crippen molar-refractivity contribution in [1.82, 2.24) is 24.7 Å². The van der Waals surface area contributed by atoms with E-state index >= 15 is 0 Å². The predicted molar refractivity (Wildman–Crippen MR) is 107 cm³/mol. The summed E-state index contributed by atoms with van der Waals surface area (Å²) in [6.07, 6.45) is 4.63. The third-order valence-electron chi connectivity index (χ3n) is 4.37. The Kier molecular flexibility index (Phi) is 4.02. The highest BCUT2D eigenvalue weighted by molar-refractivity contribution is 7.13. The van der Waals surface area contributed by atoms with Gasteiger partial charge in [0.25, 0.3) is 0 Å². The van der Waals surface area contributed by atoms with Crippen LogP contribution in [0.3, 0.4) is 0 Å². The molecule has 4 heterocycles. The van der Waals surface area contributed by atoms with Gasteiger partial charge >= 0.3 is 0 Å². The summed E-state index contributed by atoms with van der Waals surface area (Å²) in [6.45, 7) is 1.87. The van der Waals surface area contributed by atoms with Gasteiger partial charge in [-0.15, -0.1) is 11.3 Å². The average Bonchev–Trinajstić information content (AvgIpc) is 3.37. The molecule has 27 heavy (non-hydrogen) atoms. The van der Waals surface area contributed by atoms with Crippen molar-refractivity contribution < 1.29 is 0 Å². The van der Waals surface area contributed by atoms with Gasteiger partial charge in [-0.3, -0.25) is 0 Å². The number of hydrogen-bond donors (Lipinski definition) is 2. The number of fused-ring (bicyclic) bond motifs is 1. The summed E-state index contributed by atoms with van der Waals surface area (Å²) >= 11 is 1.61. The van der Waals surface area contributed by atoms with Crippen LogP contribution in [-0.4, -0.2) is 31.3 Å². The number of rotatable bonds is 4. The molecule has 1 aromatic carbocycles. The van der Waals surface area contributed by atoms with Crippen LogP contribution >= 0.6 is 11.3 Å². The molecule has 2 N–H and O–H groups in total. The van der Waals surface area contributed by atoms with E-state index in [9.17, 15) is 0 Å². The lowest BCUT2D eigenvalue weighted by molar-refractivity contribution is 0.568. The van der Waals surface area contributed by atoms with Crippen molar-refractivity contribution in [2.75, 3.05) is 17.2 Å². The van der Waals surface area contributed by atoms with E-state index in [-0.39, 0.29) is 0 Å². The molecule has 1 aliphatic rings. The molecule has 4 aromatic rings. The second-order valence-electron chi connectivity index (χ2n) is 6.20. The van der Waals surface area contributed by atoms with E-state index in [0.717, 1.165) is 53.0 Å². The fourth-order valence-corrected chi connectivity index (χ4v) is 3.88. The summed E-state index contributed by atoms with van der Waals surface area (Å²) in [6, 6.07) is 12.0. The van der Waals surface area contributed by atoms with Crippen molar-refractivity contribution in [3.63, 3.8) is 0 Å². The summed E-state index contributed by atoms with van der Waals surface area (Å²) in [4.78, 5) is 13.7. The summed E-state index contributed by atoms with van der Waals surface area (Å²) in [5, 5.41) is 14.0. The standard InChI is InChI=1S/C19H17N7S/c1-2-5-13(6-3-1)18-23-16(12-27-18)14-7-9-21-19(24-14)25-15-11-22-26-10-4-8-20-17(15)26/h1-3,5-7,9,11-12,20H,4,8,10H2,(H,21,24,25). The van der Waals surface area contributed by atoms with Crippen LogP contribution in [0, 0.1) is 0 Å². The number of aryl methyl sites for hydroxylation is 1. The number of benzene rings is 1. The molecule has 1 aliphatic heterocycles. The Bertz CT molecular complexity index is 1070. The first-order chi connectivity index (χ1) is 13.4. The van der Waals surface area contributed by atoms with E-state index in [1.165, 1.54) is 0 Å². The smallest absolute Gasteiger partial charge is 0.227 e. The first kappa shape index (κ1) is 16.0. The first-order valence-corrected chi connectivity index (χ1v) is 9.66. The van der Waals surface area contributed by atoms with Crippen molar-refractivity contribution in [2.24, 2.45) is 0 Å². The van der Waals surface area contributed by atoms with Gasteiger partial charge in [-0.1, -0.05) is 30.3 Å². The zero-order chi connectivity index (χ0) is 18.1. The van der Waals surface area contributed by atoms with E-state index in [2.05, 4.69) is 37.8 Å². The third-order valence-corrected chi connectivity index (χ3v) is 5.26. The molecule has 0 saturated carbocycles. The van der Waals surface area contributed by atoms with Gasteiger partial charge in [-0.2, -0.15) is 5.10 Å². The van der Waals surface area contributed by atoms with Crippen LogP contribution in [0.1, 0.15) is 6.42 Å². The van der Waals surface area contributed by atoms with E-state index in [1.54, 1.807) is 23.7 Å². The molecule has 0 bridgehead atoms. The fourth-order valence-electron chi connectivity index (χ4n) is 3.06. The van der Waals surface area contributed by atoms with Crippen LogP contribution in [-0.2, 0) is 6.54 Å². The average molecular weight is 375 g/mol. The molecule has 0 atom stereocenters. The SMILES string of the molecule is c1ccc(-c2nc(-c3ccnc(Nc4cnn5c4NCCC5)n3)cs2)cc1. The highest BCUT2D eigenvalue weighted by atomic mass is 32.1. The van der Waals surface area contributed by atoms with Crippen LogP contribution < -0.4 is 10.6 Å². The minimum Gasteiger partial charge on any atom is -0.368 e. The van der Waals surface area contributed by atoms with E-state index in [0.29, 0.717) is 5.95 Å². The van der Waals surface area contributed by atoms with Crippen molar-refractivity contribution in [3.8, 4) is 22.0 Å². The number of nitrogens with one attached hydrogen (secondary N) is 2. The molecule has 0 amide bonds. The van der Waals surface area contributed by atoms with Crippen LogP contribution in [0.2, 0.25) is 0 Å². The molecule has 3 aromatic heterocycles. The molecule has 134 valence electrons. The molecule has 0 unspecified atom stereocenters. The molecule has 0 radical (unpaired) electrons. The Hall–Kier alpha value is -3.26. The summed E-state index contributed by atoms with van der Waals surface area (Å²) in [5.74, 6) is 1.51. The molecule has 0 fully saturated rings. The second-order valence-corrected chi connectivity index (χ2v) is 7.06. The van der Waals surface area contributed by atoms with Gasteiger partial charge in [-0.05, 0) is 12.5 Å². The largest absolute Gasteiger partial charge is 0.368 e. The Morgan fingerprint density at radius 2 is 2.00 bits per heavy atom. The van der Waals surface area contributed by atoms with Gasteiger partial charge in [0.15, 0.2) is 0 Å². The van der Waals surface area contributed by atoms with Gasteiger partial charge in [0.1, 0.15) is 22.2 Å². The molecule has 7 nitrogen and oxygen atoms in total. The molecule has 5 rings (SSSR count). The number of thiazole rings is 1. The van der Waals surface area contributed by atoms with Crippen LogP contribution in [0.5, 0.6) is 0 Å². The number of nitrogens with zero attached hydrogens (tertiary/aromatic N) is 5. The molecule has 0 saturated heterocycles. The Morgan fingerprint density at radius 3 is 2.93 bits per heavy atom. The number of aromatic nitrogens is 5. The van der Waals surface area contributed by atoms with Crippen molar-refractivity contribution >= 4 is 28.8 Å². The Morgan fingerprint density at radius 1 is 1.07 bits per heavy atom. The lowest BCUT2D eigenvalue weighted by Gasteiger charge is -2.17. The van der Waals surface area contributed by atoms with Crippen LogP contribution in [0.4, 0.5) is 17.5 Å². The van der Waals surface area contributed by atoms with Gasteiger partial charge in [-0.25, -0.2) is 19.6 Å². The van der Waals surface area contributed by atoms with Crippen molar-refractivity contribution in [1.29, 1.82) is 0 Å². The van der Waals surface area contributed by atoms with Crippen molar-refractivity contribution in [3.05, 3.63) is 54.2 Å². The number of hydrogen-bond acceptors (Lipinski definition) is 7. The topological polar surface area (TPSA) is 80.5 Å². The third kappa shape index (κ3) is 3.15. The zero-order valence-electron chi connectivity index (χ0n) is 14.5. The van der Waals surface area contributed by atoms with Crippen molar-refractivity contribution in [2.45, 2.75) is 13.0 Å². The maximum atomic E-state index is 4.73. The van der Waals surface area contributed by atoms with Crippen LogP contribution in [0.25, 0.3) is 22.0 Å². The normalized spacial score (nSPS) is 13.0. The minimum absolute atomic E-state index is 0.532. The molecule has 0 spiro atoms. The minimum atomic E-state index is 0.532. The maximum absolute atomic E-state index is 4.73. The predicted octanol–water partition coefficient (Wildman–Crippen LogP) is 4.02. The summed E-state index contributed by atoms with van der Waals surface area (Å²) < 4.78 is 1.96. The van der Waals surface area contributed by atoms with E-state index < -0.39 is 0 Å². The zero-order valence-corrected chi connectivity index (χ0v) is 15.3. The molecule has 0 aliphatic carbocycles. The van der Waals surface area contributed by atoms with Gasteiger partial charge in [0.05, 0.1) is 11.9 Å². The lowest BCUT2D eigenvalue weighted by atomic mass is 10.2. The first-order valence-electron chi connectivity index (χ1n) is 8.78. The van der Waals surface area contributed by atoms with Gasteiger partial charge in [0, 0.05) is 30.2 Å². The molecule has 8 heteroatoms. The molecular weight excluding hydrogens is 358 g/mol.